The lowest BCUT2D eigenvalue weighted by Crippen LogP contribution is -2.15. The average Bonchev–Trinajstić information content (AvgIpc) is 3.07. The summed E-state index contributed by atoms with van der Waals surface area (Å²) in [5.41, 5.74) is 5.68. The van der Waals surface area contributed by atoms with Crippen LogP contribution < -0.4 is 10.1 Å². The van der Waals surface area contributed by atoms with Gasteiger partial charge in [0.2, 0.25) is 0 Å². The second-order valence-corrected chi connectivity index (χ2v) is 6.80. The van der Waals surface area contributed by atoms with E-state index in [0.717, 1.165) is 22.3 Å². The van der Waals surface area contributed by atoms with Gasteiger partial charge in [-0.25, -0.2) is 4.98 Å². The number of benzene rings is 2. The number of aromatic nitrogens is 2. The molecule has 0 atom stereocenters. The van der Waals surface area contributed by atoms with E-state index in [0.29, 0.717) is 22.8 Å². The van der Waals surface area contributed by atoms with Crippen LogP contribution in [0.15, 0.2) is 66.9 Å². The molecule has 0 aliphatic rings. The number of aryl methyl sites for hydroxylation is 2. The highest BCUT2D eigenvalue weighted by Gasteiger charge is 2.21. The molecule has 0 aliphatic heterocycles. The van der Waals surface area contributed by atoms with Crippen molar-refractivity contribution in [2.45, 2.75) is 13.8 Å². The molecule has 140 valence electrons. The van der Waals surface area contributed by atoms with E-state index in [9.17, 15) is 4.79 Å². The van der Waals surface area contributed by atoms with E-state index in [1.807, 2.05) is 79.0 Å². The van der Waals surface area contributed by atoms with Crippen molar-refractivity contribution in [3.05, 3.63) is 83.7 Å². The SMILES string of the molecule is COc1cccc(NC(=O)c2c(-c3ccc(C)cc3)nc3ccc(C)cn23)c1. The summed E-state index contributed by atoms with van der Waals surface area (Å²) in [7, 11) is 1.60. The molecule has 1 N–H and O–H groups in total. The summed E-state index contributed by atoms with van der Waals surface area (Å²) in [6, 6.07) is 19.2. The number of ether oxygens (including phenoxy) is 1. The predicted molar refractivity (Wildman–Crippen MR) is 111 cm³/mol. The zero-order valence-electron chi connectivity index (χ0n) is 16.1. The molecule has 0 radical (unpaired) electrons. The van der Waals surface area contributed by atoms with Gasteiger partial charge in [0, 0.05) is 23.5 Å². The van der Waals surface area contributed by atoms with Gasteiger partial charge in [-0.15, -0.1) is 0 Å². The molecule has 2 aromatic carbocycles. The van der Waals surface area contributed by atoms with E-state index in [-0.39, 0.29) is 5.91 Å². The van der Waals surface area contributed by atoms with Crippen LogP contribution in [0.5, 0.6) is 5.75 Å². The Balaban J connectivity index is 1.83. The van der Waals surface area contributed by atoms with Gasteiger partial charge in [-0.3, -0.25) is 9.20 Å². The molecule has 5 heteroatoms. The number of hydrogen-bond acceptors (Lipinski definition) is 3. The highest BCUT2D eigenvalue weighted by molar-refractivity contribution is 6.07. The van der Waals surface area contributed by atoms with Gasteiger partial charge < -0.3 is 10.1 Å². The van der Waals surface area contributed by atoms with Crippen LogP contribution in [0, 0.1) is 13.8 Å². The van der Waals surface area contributed by atoms with Crippen molar-refractivity contribution in [3.63, 3.8) is 0 Å². The molecule has 0 saturated heterocycles. The summed E-state index contributed by atoms with van der Waals surface area (Å²) in [5, 5.41) is 2.97. The highest BCUT2D eigenvalue weighted by Crippen LogP contribution is 2.27. The second kappa shape index (κ2) is 7.19. The van der Waals surface area contributed by atoms with Gasteiger partial charge in [0.1, 0.15) is 22.8 Å². The van der Waals surface area contributed by atoms with Crippen molar-refractivity contribution in [1.29, 1.82) is 0 Å². The third kappa shape index (κ3) is 3.34. The van der Waals surface area contributed by atoms with Gasteiger partial charge >= 0.3 is 0 Å². The van der Waals surface area contributed by atoms with E-state index in [1.165, 1.54) is 0 Å². The number of carbonyl (C=O) groups is 1. The Bertz CT molecular complexity index is 1160. The summed E-state index contributed by atoms with van der Waals surface area (Å²) in [6.45, 7) is 4.03. The van der Waals surface area contributed by atoms with Gasteiger partial charge in [-0.2, -0.15) is 0 Å². The van der Waals surface area contributed by atoms with E-state index in [2.05, 4.69) is 5.32 Å². The molecule has 0 unspecified atom stereocenters. The summed E-state index contributed by atoms with van der Waals surface area (Å²) in [6.07, 6.45) is 1.93. The first kappa shape index (κ1) is 17.8. The molecule has 4 aromatic rings. The Kier molecular flexibility index (Phi) is 4.57. The van der Waals surface area contributed by atoms with Crippen molar-refractivity contribution in [2.24, 2.45) is 0 Å². The Hall–Kier alpha value is -3.60. The first-order valence-corrected chi connectivity index (χ1v) is 9.06. The van der Waals surface area contributed by atoms with Crippen LogP contribution in [0.4, 0.5) is 5.69 Å². The maximum Gasteiger partial charge on any atom is 0.274 e. The maximum absolute atomic E-state index is 13.2. The third-order valence-corrected chi connectivity index (χ3v) is 4.63. The molecule has 0 bridgehead atoms. The van der Waals surface area contributed by atoms with Crippen LogP contribution in [0.25, 0.3) is 16.9 Å². The first-order valence-electron chi connectivity index (χ1n) is 9.06. The van der Waals surface area contributed by atoms with Crippen LogP contribution in [-0.2, 0) is 0 Å². The molecule has 0 spiro atoms. The number of fused-ring (bicyclic) bond motifs is 1. The van der Waals surface area contributed by atoms with Gasteiger partial charge in [-0.1, -0.05) is 42.0 Å². The van der Waals surface area contributed by atoms with Crippen LogP contribution in [-0.4, -0.2) is 22.4 Å². The molecule has 4 rings (SSSR count). The van der Waals surface area contributed by atoms with Crippen molar-refractivity contribution >= 4 is 17.2 Å². The number of anilines is 1. The predicted octanol–water partition coefficient (Wildman–Crippen LogP) is 4.88. The third-order valence-electron chi connectivity index (χ3n) is 4.63. The molecule has 5 nitrogen and oxygen atoms in total. The van der Waals surface area contributed by atoms with Gasteiger partial charge in [0.15, 0.2) is 0 Å². The van der Waals surface area contributed by atoms with Crippen LogP contribution in [0.2, 0.25) is 0 Å². The number of nitrogens with zero attached hydrogens (tertiary/aromatic N) is 2. The van der Waals surface area contributed by atoms with Crippen LogP contribution in [0.1, 0.15) is 21.6 Å². The van der Waals surface area contributed by atoms with E-state index in [4.69, 9.17) is 9.72 Å². The van der Waals surface area contributed by atoms with E-state index >= 15 is 0 Å². The molecule has 2 heterocycles. The Morgan fingerprint density at radius 2 is 1.75 bits per heavy atom. The second-order valence-electron chi connectivity index (χ2n) is 6.80. The number of carbonyl (C=O) groups excluding carboxylic acids is 1. The lowest BCUT2D eigenvalue weighted by molar-refractivity contribution is 0.102. The molecule has 28 heavy (non-hydrogen) atoms. The molecule has 0 fully saturated rings. The topological polar surface area (TPSA) is 55.6 Å². The number of nitrogens with one attached hydrogen (secondary N) is 1. The average molecular weight is 371 g/mol. The number of imidazole rings is 1. The summed E-state index contributed by atoms with van der Waals surface area (Å²) < 4.78 is 7.10. The zero-order valence-corrected chi connectivity index (χ0v) is 16.1. The largest absolute Gasteiger partial charge is 0.497 e. The van der Waals surface area contributed by atoms with Crippen LogP contribution in [0.3, 0.4) is 0 Å². The fourth-order valence-corrected chi connectivity index (χ4v) is 3.17. The fraction of sp³-hybridized carbons (Fsp3) is 0.130. The van der Waals surface area contributed by atoms with Crippen molar-refractivity contribution < 1.29 is 9.53 Å². The quantitative estimate of drug-likeness (QED) is 0.556. The minimum atomic E-state index is -0.220. The monoisotopic (exact) mass is 371 g/mol. The number of rotatable bonds is 4. The minimum Gasteiger partial charge on any atom is -0.497 e. The lowest BCUT2D eigenvalue weighted by Gasteiger charge is -2.09. The molecule has 0 aliphatic carbocycles. The number of methoxy groups -OCH3 is 1. The van der Waals surface area contributed by atoms with Crippen molar-refractivity contribution in [1.82, 2.24) is 9.38 Å². The fourth-order valence-electron chi connectivity index (χ4n) is 3.17. The summed E-state index contributed by atoms with van der Waals surface area (Å²) in [4.78, 5) is 18.0. The number of amides is 1. The summed E-state index contributed by atoms with van der Waals surface area (Å²) >= 11 is 0. The zero-order chi connectivity index (χ0) is 19.7. The van der Waals surface area contributed by atoms with Crippen molar-refractivity contribution in [3.8, 4) is 17.0 Å². The molecular formula is C23H21N3O2. The van der Waals surface area contributed by atoms with Crippen LogP contribution >= 0.6 is 0 Å². The Morgan fingerprint density at radius 1 is 1.00 bits per heavy atom. The molecular weight excluding hydrogens is 350 g/mol. The van der Waals surface area contributed by atoms with E-state index < -0.39 is 0 Å². The Labute approximate surface area is 163 Å². The number of hydrogen-bond donors (Lipinski definition) is 1. The molecule has 2 aromatic heterocycles. The first-order chi connectivity index (χ1) is 13.5. The number of pyridine rings is 1. The normalized spacial score (nSPS) is 10.8. The summed E-state index contributed by atoms with van der Waals surface area (Å²) in [5.74, 6) is 0.465. The smallest absolute Gasteiger partial charge is 0.274 e. The lowest BCUT2D eigenvalue weighted by atomic mass is 10.1. The molecule has 0 saturated carbocycles. The van der Waals surface area contributed by atoms with Gasteiger partial charge in [0.05, 0.1) is 7.11 Å². The standard InChI is InChI=1S/C23H21N3O2/c1-15-7-10-17(11-8-15)21-22(26-14-16(2)9-12-20(26)25-21)23(27)24-18-5-4-6-19(13-18)28-3/h4-14H,1-3H3,(H,24,27). The maximum atomic E-state index is 13.2. The van der Waals surface area contributed by atoms with Gasteiger partial charge in [0.25, 0.3) is 5.91 Å². The van der Waals surface area contributed by atoms with E-state index in [1.54, 1.807) is 13.2 Å². The molecule has 1 amide bonds. The Morgan fingerprint density at radius 3 is 2.50 bits per heavy atom. The van der Waals surface area contributed by atoms with Crippen molar-refractivity contribution in [2.75, 3.05) is 12.4 Å². The van der Waals surface area contributed by atoms with Gasteiger partial charge in [-0.05, 0) is 37.6 Å². The highest BCUT2D eigenvalue weighted by atomic mass is 16.5. The minimum absolute atomic E-state index is 0.220.